The van der Waals surface area contributed by atoms with E-state index in [2.05, 4.69) is 21.2 Å². The number of hydrogen-bond acceptors (Lipinski definition) is 2. The molecule has 0 aliphatic heterocycles. The first kappa shape index (κ1) is 11.6. The van der Waals surface area contributed by atoms with Crippen molar-refractivity contribution in [1.29, 1.82) is 0 Å². The molecule has 0 heterocycles. The number of carbonyl (C=O) groups is 1. The average molecular weight is 284 g/mol. The molecule has 0 radical (unpaired) electrons. The van der Waals surface area contributed by atoms with Gasteiger partial charge in [-0.15, -0.1) is 0 Å². The largest absolute Gasteiger partial charge is 0.394 e. The normalized spacial score (nSPS) is 16.9. The minimum Gasteiger partial charge on any atom is -0.394 e. The van der Waals surface area contributed by atoms with Crippen molar-refractivity contribution < 1.29 is 9.90 Å². The second-order valence-electron chi connectivity index (χ2n) is 4.36. The molecule has 1 saturated carbocycles. The summed E-state index contributed by atoms with van der Waals surface area (Å²) in [5, 5.41) is 12.0. The molecule has 1 aliphatic rings. The van der Waals surface area contributed by atoms with Gasteiger partial charge in [0.05, 0.1) is 12.1 Å². The van der Waals surface area contributed by atoms with Gasteiger partial charge in [0.25, 0.3) is 5.91 Å². The molecule has 1 aromatic rings. The van der Waals surface area contributed by atoms with Gasteiger partial charge in [-0.25, -0.2) is 0 Å². The number of halogens is 1. The molecule has 86 valence electrons. The fourth-order valence-electron chi connectivity index (χ4n) is 1.52. The minimum absolute atomic E-state index is 0.0196. The van der Waals surface area contributed by atoms with Gasteiger partial charge in [-0.1, -0.05) is 22.0 Å². The number of nitrogens with one attached hydrogen (secondary N) is 1. The molecule has 2 rings (SSSR count). The fourth-order valence-corrected chi connectivity index (χ4v) is 1.90. The molecule has 1 amide bonds. The van der Waals surface area contributed by atoms with Crippen LogP contribution in [0.4, 0.5) is 0 Å². The first-order valence-electron chi connectivity index (χ1n) is 5.26. The third kappa shape index (κ3) is 2.28. The lowest BCUT2D eigenvalue weighted by atomic mass is 10.1. The molecule has 1 fully saturated rings. The lowest BCUT2D eigenvalue weighted by molar-refractivity contribution is 0.0906. The molecule has 0 atom stereocenters. The smallest absolute Gasteiger partial charge is 0.251 e. The van der Waals surface area contributed by atoms with Crippen molar-refractivity contribution in [3.8, 4) is 0 Å². The summed E-state index contributed by atoms with van der Waals surface area (Å²) < 4.78 is 0.925. The second kappa shape index (κ2) is 4.18. The van der Waals surface area contributed by atoms with E-state index < -0.39 is 0 Å². The van der Waals surface area contributed by atoms with Crippen molar-refractivity contribution in [2.75, 3.05) is 6.61 Å². The number of carbonyl (C=O) groups excluding carboxylic acids is 1. The summed E-state index contributed by atoms with van der Waals surface area (Å²) in [6.07, 6.45) is 1.73. The van der Waals surface area contributed by atoms with Crippen LogP contribution in [0.2, 0.25) is 0 Å². The number of hydrogen-bond donors (Lipinski definition) is 2. The summed E-state index contributed by atoms with van der Waals surface area (Å²) in [5.74, 6) is -0.118. The maximum absolute atomic E-state index is 11.9. The Labute approximate surface area is 103 Å². The molecule has 2 N–H and O–H groups in total. The molecule has 0 aromatic heterocycles. The van der Waals surface area contributed by atoms with Crippen molar-refractivity contribution in [2.45, 2.75) is 25.3 Å². The predicted molar refractivity (Wildman–Crippen MR) is 65.4 cm³/mol. The Balaban J connectivity index is 2.12. The van der Waals surface area contributed by atoms with Crippen molar-refractivity contribution >= 4 is 21.8 Å². The topological polar surface area (TPSA) is 49.3 Å². The molecular weight excluding hydrogens is 270 g/mol. The molecule has 0 bridgehead atoms. The molecule has 0 spiro atoms. The van der Waals surface area contributed by atoms with Gasteiger partial charge in [-0.05, 0) is 37.5 Å². The summed E-state index contributed by atoms with van der Waals surface area (Å²) >= 11 is 3.40. The Bertz CT molecular complexity index is 427. The summed E-state index contributed by atoms with van der Waals surface area (Å²) in [6.45, 7) is 1.99. The van der Waals surface area contributed by atoms with Crippen LogP contribution >= 0.6 is 15.9 Å². The molecule has 16 heavy (non-hydrogen) atoms. The number of aliphatic hydroxyl groups is 1. The van der Waals surface area contributed by atoms with Crippen LogP contribution in [0.15, 0.2) is 22.7 Å². The lowest BCUT2D eigenvalue weighted by Crippen LogP contribution is -2.39. The zero-order valence-corrected chi connectivity index (χ0v) is 10.7. The molecule has 3 nitrogen and oxygen atoms in total. The maximum atomic E-state index is 11.9. The average Bonchev–Trinajstić information content (AvgIpc) is 3.02. The summed E-state index contributed by atoms with van der Waals surface area (Å²) in [6, 6.07) is 5.50. The minimum atomic E-state index is -0.353. The Morgan fingerprint density at radius 1 is 1.56 bits per heavy atom. The standard InChI is InChI=1S/C12H14BrNO2/c1-8-2-3-9(6-10(8)13)11(16)14-12(7-15)4-5-12/h2-3,6,15H,4-5,7H2,1H3,(H,14,16). The monoisotopic (exact) mass is 283 g/mol. The molecule has 0 saturated heterocycles. The van der Waals surface area contributed by atoms with E-state index >= 15 is 0 Å². The van der Waals surface area contributed by atoms with Gasteiger partial charge in [-0.2, -0.15) is 0 Å². The van der Waals surface area contributed by atoms with E-state index in [1.165, 1.54) is 0 Å². The van der Waals surface area contributed by atoms with Crippen LogP contribution in [-0.4, -0.2) is 23.2 Å². The Kier molecular flexibility index (Phi) is 3.04. The zero-order chi connectivity index (χ0) is 11.8. The maximum Gasteiger partial charge on any atom is 0.251 e. The number of amides is 1. The van der Waals surface area contributed by atoms with E-state index in [1.807, 2.05) is 13.0 Å². The van der Waals surface area contributed by atoms with Crippen LogP contribution in [0.5, 0.6) is 0 Å². The summed E-state index contributed by atoms with van der Waals surface area (Å²) in [7, 11) is 0. The van der Waals surface area contributed by atoms with Gasteiger partial charge in [0.1, 0.15) is 0 Å². The first-order valence-corrected chi connectivity index (χ1v) is 6.05. The SMILES string of the molecule is Cc1ccc(C(=O)NC2(CO)CC2)cc1Br. The van der Waals surface area contributed by atoms with Crippen LogP contribution in [0.25, 0.3) is 0 Å². The highest BCUT2D eigenvalue weighted by molar-refractivity contribution is 9.10. The van der Waals surface area contributed by atoms with Crippen molar-refractivity contribution in [1.82, 2.24) is 5.32 Å². The molecule has 1 aliphatic carbocycles. The van der Waals surface area contributed by atoms with Crippen molar-refractivity contribution in [3.05, 3.63) is 33.8 Å². The molecule has 4 heteroatoms. The lowest BCUT2D eigenvalue weighted by Gasteiger charge is -2.14. The van der Waals surface area contributed by atoms with Gasteiger partial charge in [0, 0.05) is 10.0 Å². The quantitative estimate of drug-likeness (QED) is 0.892. The van der Waals surface area contributed by atoms with Crippen LogP contribution < -0.4 is 5.32 Å². The van der Waals surface area contributed by atoms with Crippen LogP contribution in [0.3, 0.4) is 0 Å². The van der Waals surface area contributed by atoms with Gasteiger partial charge in [-0.3, -0.25) is 4.79 Å². The fraction of sp³-hybridized carbons (Fsp3) is 0.417. The summed E-state index contributed by atoms with van der Waals surface area (Å²) in [4.78, 5) is 11.9. The highest BCUT2D eigenvalue weighted by Gasteiger charge is 2.43. The number of rotatable bonds is 3. The van der Waals surface area contributed by atoms with E-state index in [4.69, 9.17) is 5.11 Å². The van der Waals surface area contributed by atoms with E-state index in [0.717, 1.165) is 22.9 Å². The third-order valence-electron chi connectivity index (χ3n) is 2.97. The van der Waals surface area contributed by atoms with Gasteiger partial charge >= 0.3 is 0 Å². The predicted octanol–water partition coefficient (Wildman–Crippen LogP) is 2.01. The number of benzene rings is 1. The van der Waals surface area contributed by atoms with E-state index in [-0.39, 0.29) is 18.1 Å². The van der Waals surface area contributed by atoms with Crippen molar-refractivity contribution in [3.63, 3.8) is 0 Å². The number of aliphatic hydroxyl groups excluding tert-OH is 1. The van der Waals surface area contributed by atoms with Gasteiger partial charge < -0.3 is 10.4 Å². The van der Waals surface area contributed by atoms with E-state index in [9.17, 15) is 4.79 Å². The summed E-state index contributed by atoms with van der Waals surface area (Å²) in [5.41, 5.74) is 1.37. The van der Waals surface area contributed by atoms with Crippen LogP contribution in [-0.2, 0) is 0 Å². The zero-order valence-electron chi connectivity index (χ0n) is 9.09. The Morgan fingerprint density at radius 3 is 2.75 bits per heavy atom. The van der Waals surface area contributed by atoms with Crippen LogP contribution in [0, 0.1) is 6.92 Å². The van der Waals surface area contributed by atoms with Gasteiger partial charge in [0.2, 0.25) is 0 Å². The Hall–Kier alpha value is -0.870. The second-order valence-corrected chi connectivity index (χ2v) is 5.21. The third-order valence-corrected chi connectivity index (χ3v) is 3.82. The molecular formula is C12H14BrNO2. The van der Waals surface area contributed by atoms with E-state index in [1.54, 1.807) is 12.1 Å². The number of aryl methyl sites for hydroxylation is 1. The molecule has 0 unspecified atom stereocenters. The van der Waals surface area contributed by atoms with E-state index in [0.29, 0.717) is 5.56 Å². The highest BCUT2D eigenvalue weighted by Crippen LogP contribution is 2.34. The molecule has 1 aromatic carbocycles. The first-order chi connectivity index (χ1) is 7.56. The van der Waals surface area contributed by atoms with Gasteiger partial charge in [0.15, 0.2) is 0 Å². The van der Waals surface area contributed by atoms with Crippen LogP contribution in [0.1, 0.15) is 28.8 Å². The van der Waals surface area contributed by atoms with Crippen molar-refractivity contribution in [2.24, 2.45) is 0 Å². The highest BCUT2D eigenvalue weighted by atomic mass is 79.9. The Morgan fingerprint density at radius 2 is 2.25 bits per heavy atom.